The van der Waals surface area contributed by atoms with Crippen molar-refractivity contribution in [2.24, 2.45) is 0 Å². The lowest BCUT2D eigenvalue weighted by atomic mass is 10.0. The summed E-state index contributed by atoms with van der Waals surface area (Å²) < 4.78 is 29.5. The highest BCUT2D eigenvalue weighted by Crippen LogP contribution is 2.28. The number of carbonyl (C=O) groups excluding carboxylic acids is 2. The molecule has 45 heavy (non-hydrogen) atoms. The molecule has 0 aliphatic heterocycles. The normalized spacial score (nSPS) is 12.3. The quantitative estimate of drug-likeness (QED) is 0.197. The minimum Gasteiger partial charge on any atom is -0.350 e. The molecule has 7 nitrogen and oxygen atoms in total. The Morgan fingerprint density at radius 3 is 2.07 bits per heavy atom. The van der Waals surface area contributed by atoms with Gasteiger partial charge >= 0.3 is 0 Å². The van der Waals surface area contributed by atoms with E-state index in [1.54, 1.807) is 67.6 Å². The highest BCUT2D eigenvalue weighted by atomic mass is 35.5. The molecule has 0 spiro atoms. The van der Waals surface area contributed by atoms with Crippen molar-refractivity contribution in [3.8, 4) is 0 Å². The van der Waals surface area contributed by atoms with Gasteiger partial charge in [-0.1, -0.05) is 90.0 Å². The van der Waals surface area contributed by atoms with Crippen molar-refractivity contribution in [3.63, 3.8) is 0 Å². The van der Waals surface area contributed by atoms with Crippen LogP contribution in [0.2, 0.25) is 5.02 Å². The molecule has 0 saturated heterocycles. The van der Waals surface area contributed by atoms with Gasteiger partial charge in [0.15, 0.2) is 0 Å². The highest BCUT2D eigenvalue weighted by Gasteiger charge is 2.36. The molecule has 1 N–H and O–H groups in total. The molecule has 236 valence electrons. The average molecular weight is 646 g/mol. The summed E-state index contributed by atoms with van der Waals surface area (Å²) in [6.45, 7) is 8.83. The van der Waals surface area contributed by atoms with Gasteiger partial charge < -0.3 is 10.2 Å². The van der Waals surface area contributed by atoms with Crippen LogP contribution in [0.3, 0.4) is 0 Å². The zero-order chi connectivity index (χ0) is 32.8. The van der Waals surface area contributed by atoms with Crippen LogP contribution < -0.4 is 9.62 Å². The van der Waals surface area contributed by atoms with Crippen molar-refractivity contribution < 1.29 is 18.0 Å². The lowest BCUT2D eigenvalue weighted by Crippen LogP contribution is -2.56. The molecule has 0 unspecified atom stereocenters. The minimum atomic E-state index is -4.17. The SMILES string of the molecule is Cc1ccc(S(=O)(=O)N(CC(=O)N(Cc2cccc(Cl)c2)[C@H](Cc2ccccc2)C(=O)NC(C)(C)C)c2ccccc2C)cc1. The molecule has 9 heteroatoms. The van der Waals surface area contributed by atoms with Crippen molar-refractivity contribution in [1.29, 1.82) is 0 Å². The molecule has 4 aromatic rings. The van der Waals surface area contributed by atoms with E-state index < -0.39 is 34.1 Å². The summed E-state index contributed by atoms with van der Waals surface area (Å²) in [5.41, 5.74) is 2.98. The molecule has 0 aromatic heterocycles. The minimum absolute atomic E-state index is 0.0423. The van der Waals surface area contributed by atoms with E-state index >= 15 is 0 Å². The van der Waals surface area contributed by atoms with Crippen molar-refractivity contribution >= 4 is 39.1 Å². The van der Waals surface area contributed by atoms with Gasteiger partial charge in [-0.2, -0.15) is 0 Å². The number of para-hydroxylation sites is 1. The summed E-state index contributed by atoms with van der Waals surface area (Å²) >= 11 is 6.32. The van der Waals surface area contributed by atoms with Gasteiger partial charge in [0.25, 0.3) is 10.0 Å². The van der Waals surface area contributed by atoms with E-state index in [2.05, 4.69) is 5.32 Å². The Morgan fingerprint density at radius 1 is 0.822 bits per heavy atom. The van der Waals surface area contributed by atoms with Crippen LogP contribution in [-0.4, -0.2) is 43.3 Å². The fraction of sp³-hybridized carbons (Fsp3) is 0.278. The number of benzene rings is 4. The van der Waals surface area contributed by atoms with Gasteiger partial charge in [-0.15, -0.1) is 0 Å². The van der Waals surface area contributed by atoms with E-state index in [4.69, 9.17) is 11.6 Å². The number of nitrogens with zero attached hydrogens (tertiary/aromatic N) is 2. The van der Waals surface area contributed by atoms with Crippen LogP contribution in [0.15, 0.2) is 108 Å². The van der Waals surface area contributed by atoms with Gasteiger partial charge in [0.1, 0.15) is 12.6 Å². The average Bonchev–Trinajstić information content (AvgIpc) is 2.98. The van der Waals surface area contributed by atoms with Crippen LogP contribution >= 0.6 is 11.6 Å². The number of carbonyl (C=O) groups is 2. The molecule has 0 aliphatic carbocycles. The predicted octanol–water partition coefficient (Wildman–Crippen LogP) is 6.71. The Kier molecular flexibility index (Phi) is 10.7. The standard InChI is InChI=1S/C36H40ClN3O4S/c1-26-18-20-31(21-19-26)45(43,44)40(32-17-10-9-12-27(32)2)25-34(41)39(24-29-15-11-16-30(37)22-29)33(35(42)38-36(3,4)5)23-28-13-7-6-8-14-28/h6-22,33H,23-25H2,1-5H3,(H,38,42)/t33-/m1/s1. The third-order valence-electron chi connectivity index (χ3n) is 7.28. The third kappa shape index (κ3) is 8.96. The molecule has 1 atom stereocenters. The number of anilines is 1. The lowest BCUT2D eigenvalue weighted by molar-refractivity contribution is -0.140. The van der Waals surface area contributed by atoms with E-state index in [1.165, 1.54) is 4.90 Å². The molecule has 0 heterocycles. The maximum atomic E-state index is 14.6. The second kappa shape index (κ2) is 14.3. The Labute approximate surface area is 271 Å². The summed E-state index contributed by atoms with van der Waals surface area (Å²) in [7, 11) is -4.17. The monoisotopic (exact) mass is 645 g/mol. The first-order valence-corrected chi connectivity index (χ1v) is 16.6. The molecule has 0 saturated carbocycles. The van der Waals surface area contributed by atoms with E-state index in [9.17, 15) is 18.0 Å². The number of hydrogen-bond donors (Lipinski definition) is 1. The van der Waals surface area contributed by atoms with Gasteiger partial charge in [0, 0.05) is 23.5 Å². The summed E-state index contributed by atoms with van der Waals surface area (Å²) in [5.74, 6) is -0.871. The van der Waals surface area contributed by atoms with Crippen molar-refractivity contribution in [2.45, 2.75) is 64.1 Å². The summed E-state index contributed by atoms with van der Waals surface area (Å²) in [6.07, 6.45) is 0.226. The summed E-state index contributed by atoms with van der Waals surface area (Å²) in [5, 5.41) is 3.52. The second-order valence-corrected chi connectivity index (χ2v) is 14.5. The first-order chi connectivity index (χ1) is 21.2. The van der Waals surface area contributed by atoms with E-state index in [0.29, 0.717) is 21.8 Å². The van der Waals surface area contributed by atoms with Gasteiger partial charge in [-0.05, 0) is 81.6 Å². The maximum Gasteiger partial charge on any atom is 0.264 e. The Balaban J connectivity index is 1.83. The number of nitrogens with one attached hydrogen (secondary N) is 1. The Morgan fingerprint density at radius 2 is 1.44 bits per heavy atom. The van der Waals surface area contributed by atoms with Crippen LogP contribution in [-0.2, 0) is 32.6 Å². The summed E-state index contributed by atoms with van der Waals surface area (Å²) in [4.78, 5) is 30.1. The van der Waals surface area contributed by atoms with Crippen LogP contribution in [0.4, 0.5) is 5.69 Å². The van der Waals surface area contributed by atoms with E-state index in [1.807, 2.05) is 70.2 Å². The van der Waals surface area contributed by atoms with Crippen molar-refractivity contribution in [2.75, 3.05) is 10.8 Å². The smallest absolute Gasteiger partial charge is 0.264 e. The second-order valence-electron chi connectivity index (χ2n) is 12.2. The van der Waals surface area contributed by atoms with Gasteiger partial charge in [-0.3, -0.25) is 13.9 Å². The van der Waals surface area contributed by atoms with Crippen LogP contribution in [0.5, 0.6) is 0 Å². The number of halogens is 1. The highest BCUT2D eigenvalue weighted by molar-refractivity contribution is 7.92. The number of rotatable bonds is 11. The van der Waals surface area contributed by atoms with Crippen LogP contribution in [0, 0.1) is 13.8 Å². The van der Waals surface area contributed by atoms with Crippen LogP contribution in [0.1, 0.15) is 43.0 Å². The number of aryl methyl sites for hydroxylation is 2. The van der Waals surface area contributed by atoms with E-state index in [-0.39, 0.29) is 23.8 Å². The predicted molar refractivity (Wildman–Crippen MR) is 181 cm³/mol. The first kappa shape index (κ1) is 33.7. The topological polar surface area (TPSA) is 86.8 Å². The fourth-order valence-corrected chi connectivity index (χ4v) is 6.72. The molecule has 0 bridgehead atoms. The molecule has 0 aliphatic rings. The van der Waals surface area contributed by atoms with Gasteiger partial charge in [0.05, 0.1) is 10.6 Å². The largest absolute Gasteiger partial charge is 0.350 e. The van der Waals surface area contributed by atoms with Gasteiger partial charge in [-0.25, -0.2) is 8.42 Å². The molecule has 2 amide bonds. The lowest BCUT2D eigenvalue weighted by Gasteiger charge is -2.35. The fourth-order valence-electron chi connectivity index (χ4n) is 5.03. The molecule has 0 fully saturated rings. The Bertz CT molecular complexity index is 1740. The van der Waals surface area contributed by atoms with Crippen LogP contribution in [0.25, 0.3) is 0 Å². The van der Waals surface area contributed by atoms with E-state index in [0.717, 1.165) is 15.4 Å². The third-order valence-corrected chi connectivity index (χ3v) is 9.29. The molecule has 4 aromatic carbocycles. The molecule has 4 rings (SSSR count). The van der Waals surface area contributed by atoms with Crippen molar-refractivity contribution in [3.05, 3.63) is 130 Å². The number of hydrogen-bond acceptors (Lipinski definition) is 4. The maximum absolute atomic E-state index is 14.6. The number of amides is 2. The van der Waals surface area contributed by atoms with Gasteiger partial charge in [0.2, 0.25) is 11.8 Å². The summed E-state index contributed by atoms with van der Waals surface area (Å²) in [6, 6.07) is 29.2. The zero-order valence-corrected chi connectivity index (χ0v) is 27.9. The molecular formula is C36H40ClN3O4S. The Hall–Kier alpha value is -4.14. The van der Waals surface area contributed by atoms with Crippen molar-refractivity contribution in [1.82, 2.24) is 10.2 Å². The first-order valence-electron chi connectivity index (χ1n) is 14.8. The number of sulfonamides is 1. The molecule has 0 radical (unpaired) electrons. The molecular weight excluding hydrogens is 606 g/mol. The zero-order valence-electron chi connectivity index (χ0n) is 26.3.